The highest BCUT2D eigenvalue weighted by atomic mass is 32.1. The zero-order valence-electron chi connectivity index (χ0n) is 30.0. The first-order valence-electron chi connectivity index (χ1n) is 18.9. The van der Waals surface area contributed by atoms with Crippen molar-refractivity contribution in [2.75, 3.05) is 13.6 Å². The molecule has 1 aromatic heterocycles. The number of fused-ring (bicyclic) bond motifs is 2. The average molecular weight is 787 g/mol. The van der Waals surface area contributed by atoms with Crippen LogP contribution in [-0.2, 0) is 14.2 Å². The third kappa shape index (κ3) is 7.02. The van der Waals surface area contributed by atoms with E-state index in [1.165, 1.54) is 29.8 Å². The molecule has 8 rings (SSSR count). The van der Waals surface area contributed by atoms with Crippen LogP contribution in [0.2, 0.25) is 0 Å². The van der Waals surface area contributed by atoms with Crippen LogP contribution >= 0.6 is 18.9 Å². The summed E-state index contributed by atoms with van der Waals surface area (Å²) in [5, 5.41) is 3.39. The first-order chi connectivity index (χ1) is 25.7. The molecule has 54 heavy (non-hydrogen) atoms. The Morgan fingerprint density at radius 3 is 2.41 bits per heavy atom. The van der Waals surface area contributed by atoms with Gasteiger partial charge in [-0.25, -0.2) is 13.2 Å². The number of hydrogen-bond acceptors (Lipinski definition) is 6. The van der Waals surface area contributed by atoms with Crippen molar-refractivity contribution in [3.63, 3.8) is 0 Å². The lowest BCUT2D eigenvalue weighted by Crippen LogP contribution is -2.59. The normalized spacial score (nSPS) is 30.0. The van der Waals surface area contributed by atoms with Crippen LogP contribution in [0.15, 0.2) is 54.6 Å². The monoisotopic (exact) mass is 786 g/mol. The van der Waals surface area contributed by atoms with Gasteiger partial charge in [-0.3, -0.25) is 18.9 Å². The van der Waals surface area contributed by atoms with Crippen LogP contribution in [0.3, 0.4) is 0 Å². The molecule has 15 heteroatoms. The maximum absolute atomic E-state index is 14.7. The molecule has 5 aliphatic rings. The van der Waals surface area contributed by atoms with Crippen molar-refractivity contribution in [1.82, 2.24) is 20.0 Å². The van der Waals surface area contributed by atoms with Gasteiger partial charge < -0.3 is 29.8 Å². The predicted molar refractivity (Wildman–Crippen MR) is 198 cm³/mol. The molecule has 2 saturated carbocycles. The number of benzene rings is 2. The van der Waals surface area contributed by atoms with E-state index in [1.54, 1.807) is 4.90 Å². The topological polar surface area (TPSA) is 130 Å². The molecule has 3 aromatic rings. The number of amides is 3. The second-order valence-electron chi connectivity index (χ2n) is 16.2. The number of nitrogens with zero attached hydrogens (tertiary/aromatic N) is 3. The molecule has 2 aromatic carbocycles. The quantitative estimate of drug-likeness (QED) is 0.209. The summed E-state index contributed by atoms with van der Waals surface area (Å²) in [5.74, 6) is -3.77. The number of thiophene rings is 1. The van der Waals surface area contributed by atoms with E-state index in [0.717, 1.165) is 30.6 Å². The number of nitrogens with one attached hydrogen (secondary N) is 1. The first-order valence-corrected chi connectivity index (χ1v) is 21.4. The summed E-state index contributed by atoms with van der Waals surface area (Å²) in [6.45, 7) is 0.593. The number of likely N-dealkylation sites (tertiary alicyclic amines) is 1. The molecule has 5 fully saturated rings. The average Bonchev–Trinajstić information content (AvgIpc) is 3.42. The minimum atomic E-state index is -5.03. The first kappa shape index (κ1) is 37.6. The zero-order valence-corrected chi connectivity index (χ0v) is 31.7. The fourth-order valence-electron chi connectivity index (χ4n) is 9.62. The lowest BCUT2D eigenvalue weighted by atomic mass is 9.78. The van der Waals surface area contributed by atoms with E-state index in [0.29, 0.717) is 61.6 Å². The number of alkyl halides is 3. The van der Waals surface area contributed by atoms with Crippen molar-refractivity contribution < 1.29 is 41.9 Å². The van der Waals surface area contributed by atoms with Crippen molar-refractivity contribution in [2.45, 2.75) is 118 Å². The molecule has 3 saturated heterocycles. The van der Waals surface area contributed by atoms with Crippen molar-refractivity contribution in [2.24, 2.45) is 5.92 Å². The standard InChI is InChI=1S/C39H46F3N4O6PS/c1-44(29-16-25(17-29)34(40)41)27-8-10-30(43-36(47)33-18-24-15-23(7-12-32(24)54-33)35(42)53(50,51)52)37(48)46-28(19-27)9-11-31(46)38(49)45-21-26(20-39(45)13-14-39)22-5-3-2-4-6-22/h2-7,12,15,18,25-31,34-35H,8-11,13-14,16-17,19-21H2,1H3,(H,43,47)(H2,50,51,52)/t25?,26-,27+,28-,29?,30+,31+,35-/m1/s1. The highest BCUT2D eigenvalue weighted by Gasteiger charge is 2.58. The highest BCUT2D eigenvalue weighted by molar-refractivity contribution is 7.51. The van der Waals surface area contributed by atoms with Crippen LogP contribution in [0.4, 0.5) is 13.2 Å². The van der Waals surface area contributed by atoms with Gasteiger partial charge in [0.15, 0.2) is 0 Å². The van der Waals surface area contributed by atoms with Crippen LogP contribution < -0.4 is 5.32 Å². The molecular formula is C39H46F3N4O6PS. The Balaban J connectivity index is 1.05. The minimum Gasteiger partial charge on any atom is -0.340 e. The van der Waals surface area contributed by atoms with Gasteiger partial charge in [0.25, 0.3) is 5.91 Å². The van der Waals surface area contributed by atoms with E-state index < -0.39 is 43.8 Å². The minimum absolute atomic E-state index is 0.00312. The molecule has 1 spiro atoms. The van der Waals surface area contributed by atoms with Crippen molar-refractivity contribution in [1.29, 1.82) is 0 Å². The van der Waals surface area contributed by atoms with E-state index in [9.17, 15) is 41.9 Å². The summed E-state index contributed by atoms with van der Waals surface area (Å²) in [4.78, 5) is 68.0. The second kappa shape index (κ2) is 14.3. The Labute approximate surface area is 316 Å². The summed E-state index contributed by atoms with van der Waals surface area (Å²) < 4.78 is 53.5. The van der Waals surface area contributed by atoms with Crippen molar-refractivity contribution in [3.8, 4) is 0 Å². The van der Waals surface area contributed by atoms with Gasteiger partial charge in [0.2, 0.25) is 24.2 Å². The molecule has 0 unspecified atom stereocenters. The highest BCUT2D eigenvalue weighted by Crippen LogP contribution is 2.55. The molecule has 0 radical (unpaired) electrons. The number of carbonyl (C=O) groups is 3. The molecule has 290 valence electrons. The Morgan fingerprint density at radius 1 is 0.981 bits per heavy atom. The van der Waals surface area contributed by atoms with Crippen LogP contribution in [0.1, 0.15) is 96.8 Å². The largest absolute Gasteiger partial charge is 0.363 e. The SMILES string of the molecule is CN(C1CC(C(F)F)C1)[C@H]1CC[C@H](NC(=O)c2cc3cc([C@H](F)P(=O)(O)O)ccc3s2)C(=O)N2[C@H](CC[C@H]2C(=O)N2C[C@H](c3ccccc3)CC23CC3)C1. The molecule has 3 aliphatic heterocycles. The summed E-state index contributed by atoms with van der Waals surface area (Å²) in [7, 11) is -3.07. The Kier molecular flexibility index (Phi) is 9.99. The van der Waals surface area contributed by atoms with E-state index in [2.05, 4.69) is 22.3 Å². The van der Waals surface area contributed by atoms with Gasteiger partial charge in [-0.1, -0.05) is 36.4 Å². The summed E-state index contributed by atoms with van der Waals surface area (Å²) in [6.07, 6.45) is 3.81. The Morgan fingerprint density at radius 2 is 1.72 bits per heavy atom. The summed E-state index contributed by atoms with van der Waals surface area (Å²) in [6, 6.07) is 13.9. The second-order valence-corrected chi connectivity index (χ2v) is 18.9. The number of hydrogen-bond donors (Lipinski definition) is 3. The molecular weight excluding hydrogens is 740 g/mol. The Bertz CT molecular complexity index is 1970. The van der Waals surface area contributed by atoms with Gasteiger partial charge in [0.1, 0.15) is 12.1 Å². The lowest BCUT2D eigenvalue weighted by Gasteiger charge is -2.47. The van der Waals surface area contributed by atoms with Gasteiger partial charge in [-0.05, 0) is 106 Å². The van der Waals surface area contributed by atoms with E-state index >= 15 is 0 Å². The summed E-state index contributed by atoms with van der Waals surface area (Å²) >= 11 is 1.12. The third-order valence-corrected chi connectivity index (χ3v) is 14.9. The van der Waals surface area contributed by atoms with E-state index in [1.807, 2.05) is 30.1 Å². The maximum Gasteiger partial charge on any atom is 0.363 e. The van der Waals surface area contributed by atoms with Crippen LogP contribution in [-0.4, -0.2) is 98.0 Å². The summed E-state index contributed by atoms with van der Waals surface area (Å²) in [5.41, 5.74) is 0.806. The number of rotatable bonds is 9. The molecule has 3 amide bonds. The maximum atomic E-state index is 14.7. The number of halogens is 3. The van der Waals surface area contributed by atoms with Gasteiger partial charge in [-0.2, -0.15) is 0 Å². The Hall–Kier alpha value is -3.29. The van der Waals surface area contributed by atoms with E-state index in [-0.39, 0.29) is 51.8 Å². The van der Waals surface area contributed by atoms with Crippen molar-refractivity contribution >= 4 is 46.7 Å². The third-order valence-electron chi connectivity index (χ3n) is 12.9. The van der Waals surface area contributed by atoms with E-state index in [4.69, 9.17) is 0 Å². The van der Waals surface area contributed by atoms with Gasteiger partial charge in [0.05, 0.1) is 4.88 Å². The molecule has 3 N–H and O–H groups in total. The number of carbonyl (C=O) groups excluding carboxylic acids is 3. The van der Waals surface area contributed by atoms with Gasteiger partial charge in [-0.15, -0.1) is 11.3 Å². The molecule has 10 nitrogen and oxygen atoms in total. The fourth-order valence-corrected chi connectivity index (χ4v) is 11.1. The lowest BCUT2D eigenvalue weighted by molar-refractivity contribution is -0.148. The smallest absolute Gasteiger partial charge is 0.340 e. The van der Waals surface area contributed by atoms with Crippen LogP contribution in [0, 0.1) is 5.92 Å². The van der Waals surface area contributed by atoms with Crippen LogP contribution in [0.25, 0.3) is 10.1 Å². The fraction of sp³-hybridized carbons (Fsp3) is 0.564. The molecule has 4 heterocycles. The molecule has 6 atom stereocenters. The zero-order chi connectivity index (χ0) is 38.1. The van der Waals surface area contributed by atoms with Crippen LogP contribution in [0.5, 0.6) is 0 Å². The van der Waals surface area contributed by atoms with Gasteiger partial charge in [0, 0.05) is 46.7 Å². The predicted octanol–water partition coefficient (Wildman–Crippen LogP) is 6.58. The van der Waals surface area contributed by atoms with Crippen molar-refractivity contribution in [3.05, 3.63) is 70.6 Å². The molecule has 0 bridgehead atoms. The van der Waals surface area contributed by atoms with Gasteiger partial charge >= 0.3 is 7.60 Å². The molecule has 2 aliphatic carbocycles.